The van der Waals surface area contributed by atoms with Crippen molar-refractivity contribution in [3.05, 3.63) is 59.8 Å². The number of hydrogen-bond donors (Lipinski definition) is 5. The summed E-state index contributed by atoms with van der Waals surface area (Å²) in [4.78, 5) is 40.8. The number of alkyl halides is 3. The second kappa shape index (κ2) is 14.4. The molecule has 4 rings (SSSR count). The number of aryl methyl sites for hydroxylation is 1. The van der Waals surface area contributed by atoms with Crippen LogP contribution in [0.5, 0.6) is 0 Å². The highest BCUT2D eigenvalue weighted by Gasteiger charge is 2.38. The number of nitrogens with two attached hydrogens (primary N) is 1. The van der Waals surface area contributed by atoms with E-state index in [-0.39, 0.29) is 67.2 Å². The maximum absolute atomic E-state index is 13.7. The molecule has 2 amide bonds. The van der Waals surface area contributed by atoms with Crippen LogP contribution in [0.15, 0.2) is 43.0 Å². The Morgan fingerprint density at radius 1 is 1.21 bits per heavy atom. The summed E-state index contributed by atoms with van der Waals surface area (Å²) >= 11 is 0. The standard InChI is InChI=1S/C25H25F3N10O2.CH2O2/c1-2-15-11-16(3-4-17(15)24(40)33-7-6-31-20(39)12-30)35-22-23-34-13-19(38(23)10-8-32-22)18-14-37(9-5-29)36-21(18)25(26,27)28;2-1-3/h3-4,8,10-11,13-14H,2,6-7,9,12,30H2,1H3,(H,31,39)(H,32,35)(H,33,40);1H,(H,2,3). The molecule has 0 aliphatic carbocycles. The first-order chi connectivity index (χ1) is 20.6. The number of hydrogen-bond acceptors (Lipinski definition) is 9. The molecule has 6 N–H and O–H groups in total. The predicted molar refractivity (Wildman–Crippen MR) is 147 cm³/mol. The molecule has 0 atom stereocenters. The molecule has 14 nitrogen and oxygen atoms in total. The molecule has 0 radical (unpaired) electrons. The smallest absolute Gasteiger partial charge is 0.435 e. The van der Waals surface area contributed by atoms with Crippen LogP contribution in [-0.4, -0.2) is 67.2 Å². The third-order valence-corrected chi connectivity index (χ3v) is 5.88. The van der Waals surface area contributed by atoms with Crippen LogP contribution < -0.4 is 21.7 Å². The van der Waals surface area contributed by atoms with Gasteiger partial charge in [0.05, 0.1) is 30.1 Å². The van der Waals surface area contributed by atoms with Gasteiger partial charge in [-0.15, -0.1) is 0 Å². The number of carbonyl (C=O) groups excluding carboxylic acids is 2. The molecule has 17 heteroatoms. The number of benzene rings is 1. The Kier molecular flexibility index (Phi) is 10.7. The SMILES string of the molecule is CCc1cc(Nc2nccn3c(-c4cn(CC#N)nc4C(F)(F)F)cnc23)ccc1C(=O)NCCNC(=O)CN.O=CO. The molecule has 0 aliphatic rings. The Hall–Kier alpha value is -5.50. The van der Waals surface area contributed by atoms with Gasteiger partial charge in [0.2, 0.25) is 5.91 Å². The number of amides is 2. The topological polar surface area (TPSA) is 205 Å². The number of carbonyl (C=O) groups is 3. The summed E-state index contributed by atoms with van der Waals surface area (Å²) in [6.45, 7) is 1.64. The molecule has 3 aromatic heterocycles. The van der Waals surface area contributed by atoms with E-state index in [1.54, 1.807) is 24.3 Å². The zero-order chi connectivity index (χ0) is 31.6. The first kappa shape index (κ1) is 32.0. The number of nitrogens with zero attached hydrogens (tertiary/aromatic N) is 6. The molecule has 1 aromatic carbocycles. The van der Waals surface area contributed by atoms with Crippen molar-refractivity contribution < 1.29 is 32.7 Å². The van der Waals surface area contributed by atoms with Gasteiger partial charge in [-0.1, -0.05) is 6.92 Å². The quantitative estimate of drug-likeness (QED) is 0.132. The number of aromatic nitrogens is 5. The third-order valence-electron chi connectivity index (χ3n) is 5.88. The molecule has 0 aliphatic heterocycles. The zero-order valence-corrected chi connectivity index (χ0v) is 22.7. The van der Waals surface area contributed by atoms with Crippen molar-refractivity contribution >= 4 is 35.4 Å². The lowest BCUT2D eigenvalue weighted by atomic mass is 10.0. The van der Waals surface area contributed by atoms with E-state index in [2.05, 4.69) is 31.0 Å². The van der Waals surface area contributed by atoms with E-state index in [1.165, 1.54) is 23.0 Å². The van der Waals surface area contributed by atoms with E-state index in [0.29, 0.717) is 17.7 Å². The fourth-order valence-corrected chi connectivity index (χ4v) is 4.05. The number of fused-ring (bicyclic) bond motifs is 1. The maximum atomic E-state index is 13.7. The highest BCUT2D eigenvalue weighted by Crippen LogP contribution is 2.37. The normalized spacial score (nSPS) is 10.8. The third kappa shape index (κ3) is 7.83. The molecular formula is C26H27F3N10O4. The van der Waals surface area contributed by atoms with Gasteiger partial charge in [-0.05, 0) is 30.2 Å². The first-order valence-electron chi connectivity index (χ1n) is 12.6. The molecule has 0 saturated carbocycles. The summed E-state index contributed by atoms with van der Waals surface area (Å²) in [5.74, 6) is -0.343. The van der Waals surface area contributed by atoms with Crippen LogP contribution in [0.4, 0.5) is 24.7 Å². The number of imidazole rings is 1. The van der Waals surface area contributed by atoms with E-state index < -0.39 is 11.9 Å². The van der Waals surface area contributed by atoms with Crippen LogP contribution in [0.1, 0.15) is 28.5 Å². The van der Waals surface area contributed by atoms with Gasteiger partial charge < -0.3 is 26.8 Å². The summed E-state index contributed by atoms with van der Waals surface area (Å²) in [5, 5.41) is 27.8. The highest BCUT2D eigenvalue weighted by atomic mass is 19.4. The van der Waals surface area contributed by atoms with Crippen molar-refractivity contribution in [1.29, 1.82) is 5.26 Å². The van der Waals surface area contributed by atoms with Crippen molar-refractivity contribution in [2.75, 3.05) is 25.0 Å². The van der Waals surface area contributed by atoms with Gasteiger partial charge in [-0.2, -0.15) is 23.5 Å². The van der Waals surface area contributed by atoms with Crippen LogP contribution in [0, 0.1) is 11.3 Å². The summed E-state index contributed by atoms with van der Waals surface area (Å²) < 4.78 is 43.5. The first-order valence-corrected chi connectivity index (χ1v) is 12.6. The molecule has 0 spiro atoms. The van der Waals surface area contributed by atoms with Crippen LogP contribution in [0.3, 0.4) is 0 Å². The fourth-order valence-electron chi connectivity index (χ4n) is 4.05. The lowest BCUT2D eigenvalue weighted by Gasteiger charge is -2.13. The summed E-state index contributed by atoms with van der Waals surface area (Å²) in [5.41, 5.74) is 6.06. The summed E-state index contributed by atoms with van der Waals surface area (Å²) in [6.07, 6.45) is 1.14. The monoisotopic (exact) mass is 600 g/mol. The number of halogens is 3. The number of nitriles is 1. The Labute approximate surface area is 242 Å². The largest absolute Gasteiger partial charge is 0.483 e. The minimum Gasteiger partial charge on any atom is -0.483 e. The van der Waals surface area contributed by atoms with E-state index in [0.717, 1.165) is 16.4 Å². The summed E-state index contributed by atoms with van der Waals surface area (Å²) in [7, 11) is 0. The molecule has 3 heterocycles. The van der Waals surface area contributed by atoms with Gasteiger partial charge in [-0.25, -0.2) is 9.97 Å². The molecule has 4 aromatic rings. The van der Waals surface area contributed by atoms with E-state index in [9.17, 15) is 22.8 Å². The van der Waals surface area contributed by atoms with Crippen molar-refractivity contribution in [3.8, 4) is 17.3 Å². The summed E-state index contributed by atoms with van der Waals surface area (Å²) in [6, 6.07) is 6.87. The molecule has 0 bridgehead atoms. The second-order valence-electron chi connectivity index (χ2n) is 8.62. The fraction of sp³-hybridized carbons (Fsp3) is 0.269. The Balaban J connectivity index is 0.00000162. The average Bonchev–Trinajstić information content (AvgIpc) is 3.60. The average molecular weight is 601 g/mol. The second-order valence-corrected chi connectivity index (χ2v) is 8.62. The number of rotatable bonds is 10. The lowest BCUT2D eigenvalue weighted by Crippen LogP contribution is -2.37. The van der Waals surface area contributed by atoms with Crippen LogP contribution in [0.25, 0.3) is 16.9 Å². The number of nitrogens with one attached hydrogen (secondary N) is 3. The van der Waals surface area contributed by atoms with Gasteiger partial charge in [0.25, 0.3) is 12.4 Å². The lowest BCUT2D eigenvalue weighted by molar-refractivity contribution is -0.141. The van der Waals surface area contributed by atoms with Gasteiger partial charge in [0, 0.05) is 42.9 Å². The van der Waals surface area contributed by atoms with Gasteiger partial charge in [0.1, 0.15) is 6.54 Å². The van der Waals surface area contributed by atoms with Crippen LogP contribution >= 0.6 is 0 Å². The van der Waals surface area contributed by atoms with Crippen molar-refractivity contribution in [1.82, 2.24) is 34.8 Å². The Morgan fingerprint density at radius 2 is 1.93 bits per heavy atom. The van der Waals surface area contributed by atoms with Crippen molar-refractivity contribution in [2.45, 2.75) is 26.1 Å². The van der Waals surface area contributed by atoms with Crippen LogP contribution in [0.2, 0.25) is 0 Å². The van der Waals surface area contributed by atoms with E-state index >= 15 is 0 Å². The number of anilines is 2. The molecule has 226 valence electrons. The molecule has 0 unspecified atom stereocenters. The van der Waals surface area contributed by atoms with Crippen molar-refractivity contribution in [3.63, 3.8) is 0 Å². The van der Waals surface area contributed by atoms with E-state index in [1.807, 2.05) is 6.92 Å². The maximum Gasteiger partial charge on any atom is 0.435 e. The van der Waals surface area contributed by atoms with Gasteiger partial charge in [0.15, 0.2) is 17.2 Å². The minimum absolute atomic E-state index is 0.126. The minimum atomic E-state index is -4.74. The molecule has 0 fully saturated rings. The molecular weight excluding hydrogens is 573 g/mol. The van der Waals surface area contributed by atoms with Crippen LogP contribution in [-0.2, 0) is 28.7 Å². The van der Waals surface area contributed by atoms with Gasteiger partial charge >= 0.3 is 6.18 Å². The van der Waals surface area contributed by atoms with Crippen molar-refractivity contribution in [2.24, 2.45) is 5.73 Å². The predicted octanol–water partition coefficient (Wildman–Crippen LogP) is 1.95. The zero-order valence-electron chi connectivity index (χ0n) is 22.7. The number of carboxylic acid groups (broad SMARTS) is 1. The van der Waals surface area contributed by atoms with E-state index in [4.69, 9.17) is 20.9 Å². The molecule has 43 heavy (non-hydrogen) atoms. The molecule has 0 saturated heterocycles. The van der Waals surface area contributed by atoms with Gasteiger partial charge in [-0.3, -0.25) is 23.5 Å². The Morgan fingerprint density at radius 3 is 2.58 bits per heavy atom. The Bertz CT molecular complexity index is 1640. The highest BCUT2D eigenvalue weighted by molar-refractivity contribution is 5.96.